The minimum atomic E-state index is 0.154. The maximum atomic E-state index is 12.0. The van der Waals surface area contributed by atoms with Crippen LogP contribution in [0.5, 0.6) is 0 Å². The second kappa shape index (κ2) is 7.47. The number of terminal acetylenes is 1. The normalized spacial score (nSPS) is 10.3. The van der Waals surface area contributed by atoms with Gasteiger partial charge in [-0.1, -0.05) is 44.0 Å². The second-order valence-corrected chi connectivity index (χ2v) is 5.69. The monoisotopic (exact) mass is 291 g/mol. The van der Waals surface area contributed by atoms with Gasteiger partial charge in [-0.25, -0.2) is 0 Å². The number of anilines is 1. The molecular weight excluding hydrogens is 270 g/mol. The summed E-state index contributed by atoms with van der Waals surface area (Å²) in [6.07, 6.45) is 5.73. The minimum Gasteiger partial charge on any atom is -0.378 e. The van der Waals surface area contributed by atoms with Crippen LogP contribution in [0.1, 0.15) is 36.5 Å². The number of rotatable bonds is 6. The molecule has 1 N–H and O–H groups in total. The number of nitrogens with one attached hydrogen (secondary N) is 1. The smallest absolute Gasteiger partial charge is 0.156 e. The van der Waals surface area contributed by atoms with Crippen LogP contribution in [0.2, 0.25) is 0 Å². The maximum Gasteiger partial charge on any atom is 0.156 e. The van der Waals surface area contributed by atoms with Crippen molar-refractivity contribution in [3.05, 3.63) is 65.2 Å². The molecule has 0 heterocycles. The van der Waals surface area contributed by atoms with Crippen molar-refractivity contribution in [2.75, 3.05) is 11.9 Å². The van der Waals surface area contributed by atoms with Gasteiger partial charge in [-0.15, -0.1) is 6.42 Å². The van der Waals surface area contributed by atoms with Gasteiger partial charge in [0.05, 0.1) is 6.54 Å². The first kappa shape index (κ1) is 15.9. The summed E-state index contributed by atoms with van der Waals surface area (Å²) in [6, 6.07) is 15.8. The van der Waals surface area contributed by atoms with Gasteiger partial charge in [-0.2, -0.15) is 0 Å². The second-order valence-electron chi connectivity index (χ2n) is 5.69. The average molecular weight is 291 g/mol. The molecule has 2 rings (SSSR count). The van der Waals surface area contributed by atoms with Crippen molar-refractivity contribution in [1.82, 2.24) is 0 Å². The highest BCUT2D eigenvalue weighted by Gasteiger charge is 2.04. The van der Waals surface area contributed by atoms with E-state index in [-0.39, 0.29) is 5.78 Å². The van der Waals surface area contributed by atoms with Gasteiger partial charge in [0.2, 0.25) is 0 Å². The Labute approximate surface area is 132 Å². The molecule has 0 fully saturated rings. The number of hydrogen-bond acceptors (Lipinski definition) is 2. The SMILES string of the molecule is C#Cc1ccc(CC(=O)CNc2ccc(C(C)C)cc2)cc1. The van der Waals surface area contributed by atoms with Crippen molar-refractivity contribution >= 4 is 11.5 Å². The molecule has 0 atom stereocenters. The lowest BCUT2D eigenvalue weighted by Crippen LogP contribution is -2.16. The summed E-state index contributed by atoms with van der Waals surface area (Å²) in [5, 5.41) is 3.17. The van der Waals surface area contributed by atoms with Crippen LogP contribution in [0.15, 0.2) is 48.5 Å². The largest absolute Gasteiger partial charge is 0.378 e. The van der Waals surface area contributed by atoms with Crippen LogP contribution in [0.4, 0.5) is 5.69 Å². The van der Waals surface area contributed by atoms with E-state index in [1.165, 1.54) is 5.56 Å². The summed E-state index contributed by atoms with van der Waals surface area (Å²) in [6.45, 7) is 4.66. The van der Waals surface area contributed by atoms with Gasteiger partial charge in [0.1, 0.15) is 0 Å². The molecule has 0 aliphatic heterocycles. The summed E-state index contributed by atoms with van der Waals surface area (Å²) in [5.74, 6) is 3.24. The van der Waals surface area contributed by atoms with E-state index < -0.39 is 0 Å². The predicted octanol–water partition coefficient (Wildman–Crippen LogP) is 4.02. The van der Waals surface area contributed by atoms with Gasteiger partial charge in [0, 0.05) is 17.7 Å². The molecule has 0 saturated heterocycles. The first-order valence-electron chi connectivity index (χ1n) is 7.49. The van der Waals surface area contributed by atoms with Gasteiger partial charge in [0.15, 0.2) is 5.78 Å². The zero-order chi connectivity index (χ0) is 15.9. The number of Topliss-reactive ketones (excluding diaryl/α,β-unsaturated/α-hetero) is 1. The predicted molar refractivity (Wildman–Crippen MR) is 92.1 cm³/mol. The van der Waals surface area contributed by atoms with E-state index in [9.17, 15) is 4.79 Å². The Balaban J connectivity index is 1.85. The Morgan fingerprint density at radius 3 is 2.27 bits per heavy atom. The van der Waals surface area contributed by atoms with Crippen LogP contribution in [-0.2, 0) is 11.2 Å². The van der Waals surface area contributed by atoms with Crippen LogP contribution in [0, 0.1) is 12.3 Å². The van der Waals surface area contributed by atoms with Gasteiger partial charge >= 0.3 is 0 Å². The van der Waals surface area contributed by atoms with Crippen molar-refractivity contribution in [2.45, 2.75) is 26.2 Å². The van der Waals surface area contributed by atoms with Crippen LogP contribution < -0.4 is 5.32 Å². The van der Waals surface area contributed by atoms with Gasteiger partial charge in [-0.05, 0) is 41.3 Å². The Hall–Kier alpha value is -2.53. The lowest BCUT2D eigenvalue weighted by molar-refractivity contribution is -0.116. The third-order valence-corrected chi connectivity index (χ3v) is 3.59. The first-order valence-corrected chi connectivity index (χ1v) is 7.49. The molecule has 0 amide bonds. The lowest BCUT2D eigenvalue weighted by atomic mass is 10.0. The topological polar surface area (TPSA) is 29.1 Å². The fraction of sp³-hybridized carbons (Fsp3) is 0.250. The fourth-order valence-electron chi connectivity index (χ4n) is 2.20. The first-order chi connectivity index (χ1) is 10.6. The highest BCUT2D eigenvalue weighted by atomic mass is 16.1. The third-order valence-electron chi connectivity index (χ3n) is 3.59. The fourth-order valence-corrected chi connectivity index (χ4v) is 2.20. The van der Waals surface area contributed by atoms with Crippen LogP contribution in [0.3, 0.4) is 0 Å². The highest BCUT2D eigenvalue weighted by Crippen LogP contribution is 2.17. The zero-order valence-electron chi connectivity index (χ0n) is 13.1. The summed E-state index contributed by atoms with van der Waals surface area (Å²) < 4.78 is 0. The van der Waals surface area contributed by atoms with E-state index in [0.717, 1.165) is 16.8 Å². The van der Waals surface area contributed by atoms with Crippen LogP contribution in [-0.4, -0.2) is 12.3 Å². The van der Waals surface area contributed by atoms with Gasteiger partial charge < -0.3 is 5.32 Å². The summed E-state index contributed by atoms with van der Waals surface area (Å²) in [5.41, 5.74) is 4.09. The Kier molecular flexibility index (Phi) is 5.38. The van der Waals surface area contributed by atoms with E-state index >= 15 is 0 Å². The molecule has 0 aliphatic rings. The molecule has 0 aromatic heterocycles. The van der Waals surface area contributed by atoms with Crippen LogP contribution >= 0.6 is 0 Å². The van der Waals surface area contributed by atoms with E-state index in [2.05, 4.69) is 37.2 Å². The van der Waals surface area contributed by atoms with Crippen LogP contribution in [0.25, 0.3) is 0 Å². The Morgan fingerprint density at radius 2 is 1.73 bits per heavy atom. The molecular formula is C20H21NO. The Morgan fingerprint density at radius 1 is 1.09 bits per heavy atom. The van der Waals surface area contributed by atoms with Crippen molar-refractivity contribution in [3.8, 4) is 12.3 Å². The molecule has 2 heteroatoms. The summed E-state index contributed by atoms with van der Waals surface area (Å²) >= 11 is 0. The molecule has 2 aromatic carbocycles. The molecule has 2 nitrogen and oxygen atoms in total. The minimum absolute atomic E-state index is 0.154. The van der Waals surface area contributed by atoms with Crippen molar-refractivity contribution in [3.63, 3.8) is 0 Å². The van der Waals surface area contributed by atoms with Crippen molar-refractivity contribution in [2.24, 2.45) is 0 Å². The standard InChI is InChI=1S/C20H21NO/c1-4-16-5-7-17(8-6-16)13-20(22)14-21-19-11-9-18(10-12-19)15(2)3/h1,5-12,15,21H,13-14H2,2-3H3. The zero-order valence-corrected chi connectivity index (χ0v) is 13.1. The molecule has 0 unspecified atom stereocenters. The van der Waals surface area contributed by atoms with E-state index in [1.807, 2.05) is 36.4 Å². The van der Waals surface area contributed by atoms with Crippen molar-refractivity contribution < 1.29 is 4.79 Å². The molecule has 22 heavy (non-hydrogen) atoms. The average Bonchev–Trinajstić information content (AvgIpc) is 2.54. The number of benzene rings is 2. The molecule has 2 aromatic rings. The molecule has 112 valence electrons. The quantitative estimate of drug-likeness (QED) is 0.815. The van der Waals surface area contributed by atoms with E-state index in [0.29, 0.717) is 18.9 Å². The summed E-state index contributed by atoms with van der Waals surface area (Å²) in [7, 11) is 0. The van der Waals surface area contributed by atoms with E-state index in [1.54, 1.807) is 0 Å². The lowest BCUT2D eigenvalue weighted by Gasteiger charge is -2.09. The third kappa shape index (κ3) is 4.49. The highest BCUT2D eigenvalue weighted by molar-refractivity contribution is 5.85. The maximum absolute atomic E-state index is 12.0. The molecule has 0 radical (unpaired) electrons. The number of carbonyl (C=O) groups is 1. The van der Waals surface area contributed by atoms with Crippen molar-refractivity contribution in [1.29, 1.82) is 0 Å². The van der Waals surface area contributed by atoms with Gasteiger partial charge in [0.25, 0.3) is 0 Å². The Bertz CT molecular complexity index is 660. The number of ketones is 1. The summed E-state index contributed by atoms with van der Waals surface area (Å²) in [4.78, 5) is 12.0. The molecule has 0 saturated carbocycles. The molecule has 0 bridgehead atoms. The number of carbonyl (C=O) groups excluding carboxylic acids is 1. The van der Waals surface area contributed by atoms with E-state index in [4.69, 9.17) is 6.42 Å². The van der Waals surface area contributed by atoms with Gasteiger partial charge in [-0.3, -0.25) is 4.79 Å². The molecule has 0 aliphatic carbocycles. The molecule has 0 spiro atoms. The number of hydrogen-bond donors (Lipinski definition) is 1.